The van der Waals surface area contributed by atoms with E-state index in [1.54, 1.807) is 0 Å². The van der Waals surface area contributed by atoms with Crippen LogP contribution in [0.25, 0.3) is 0 Å². The van der Waals surface area contributed by atoms with Crippen LogP contribution < -0.4 is 23.8 Å². The lowest BCUT2D eigenvalue weighted by Crippen LogP contribution is -2.45. The van der Waals surface area contributed by atoms with Gasteiger partial charge < -0.3 is 14.8 Å². The number of sulfonamides is 2. The SMILES string of the molecule is C[C@@H](C(=O)Nc1ccc(S(=O)(=O)Nc2ccc(Cl)c(C(F)(F)F)c2)cc1)N(c1ccc2c(c1)OCCO2)S(C)(=O)=O. The van der Waals surface area contributed by atoms with Crippen LogP contribution in [0, 0.1) is 0 Å². The predicted octanol–water partition coefficient (Wildman–Crippen LogP) is 4.72. The van der Waals surface area contributed by atoms with Crippen LogP contribution in [0.5, 0.6) is 11.5 Å². The minimum absolute atomic E-state index is 0.141. The van der Waals surface area contributed by atoms with Crippen molar-refractivity contribution in [1.82, 2.24) is 0 Å². The van der Waals surface area contributed by atoms with Crippen molar-refractivity contribution in [3.63, 3.8) is 0 Å². The molecule has 0 bridgehead atoms. The first kappa shape index (κ1) is 30.3. The Bertz CT molecular complexity index is 1680. The van der Waals surface area contributed by atoms with Gasteiger partial charge in [0.15, 0.2) is 11.5 Å². The molecule has 220 valence electrons. The van der Waals surface area contributed by atoms with Crippen LogP contribution >= 0.6 is 11.6 Å². The second-order valence-corrected chi connectivity index (χ2v) is 12.8. The van der Waals surface area contributed by atoms with Gasteiger partial charge in [-0.3, -0.25) is 13.8 Å². The Morgan fingerprint density at radius 1 is 0.927 bits per heavy atom. The number of nitrogens with one attached hydrogen (secondary N) is 2. The van der Waals surface area contributed by atoms with Gasteiger partial charge in [-0.1, -0.05) is 11.6 Å². The molecule has 1 atom stereocenters. The second kappa shape index (κ2) is 11.3. The zero-order chi connectivity index (χ0) is 30.2. The van der Waals surface area contributed by atoms with Gasteiger partial charge in [-0.15, -0.1) is 0 Å². The lowest BCUT2D eigenvalue weighted by Gasteiger charge is -2.29. The number of fused-ring (bicyclic) bond motifs is 1. The summed E-state index contributed by atoms with van der Waals surface area (Å²) in [4.78, 5) is 12.7. The molecule has 2 N–H and O–H groups in total. The molecule has 0 saturated carbocycles. The van der Waals surface area contributed by atoms with Crippen molar-refractivity contribution < 1.29 is 44.3 Å². The predicted molar refractivity (Wildman–Crippen MR) is 147 cm³/mol. The van der Waals surface area contributed by atoms with Crippen LogP contribution in [0.15, 0.2) is 65.6 Å². The van der Waals surface area contributed by atoms with E-state index >= 15 is 0 Å². The van der Waals surface area contributed by atoms with Gasteiger partial charge in [-0.05, 0) is 61.5 Å². The van der Waals surface area contributed by atoms with Gasteiger partial charge in [0.1, 0.15) is 19.3 Å². The summed E-state index contributed by atoms with van der Waals surface area (Å²) < 4.78 is 104. The van der Waals surface area contributed by atoms with Crippen LogP contribution in [0.4, 0.5) is 30.2 Å². The average molecular weight is 634 g/mol. The van der Waals surface area contributed by atoms with Crippen LogP contribution in [-0.4, -0.2) is 48.3 Å². The molecule has 0 aliphatic carbocycles. The maximum Gasteiger partial charge on any atom is 0.417 e. The molecular formula is C25H23ClF3N3O7S2. The van der Waals surface area contributed by atoms with Crippen molar-refractivity contribution in [3.05, 3.63) is 71.2 Å². The maximum absolute atomic E-state index is 13.1. The standard InChI is InChI=1S/C25H23ClF3N3O7S2/c1-15(32(40(2,34)35)18-6-10-22-23(14-18)39-12-11-38-22)24(33)30-16-3-7-19(8-4-16)41(36,37)31-17-5-9-21(26)20(13-17)25(27,28)29/h3-10,13-15,31H,11-12H2,1-2H3,(H,30,33)/t15-/m0/s1. The Balaban J connectivity index is 1.50. The molecule has 1 heterocycles. The third-order valence-corrected chi connectivity index (χ3v) is 8.79. The van der Waals surface area contributed by atoms with Gasteiger partial charge >= 0.3 is 6.18 Å². The monoisotopic (exact) mass is 633 g/mol. The highest BCUT2D eigenvalue weighted by molar-refractivity contribution is 7.92. The van der Waals surface area contributed by atoms with Crippen molar-refractivity contribution in [2.75, 3.05) is 33.8 Å². The van der Waals surface area contributed by atoms with Crippen molar-refractivity contribution in [2.45, 2.75) is 24.0 Å². The van der Waals surface area contributed by atoms with E-state index in [9.17, 15) is 34.8 Å². The van der Waals surface area contributed by atoms with Crippen LogP contribution in [0.1, 0.15) is 12.5 Å². The number of ether oxygens (including phenoxy) is 2. The molecule has 16 heteroatoms. The van der Waals surface area contributed by atoms with Crippen molar-refractivity contribution in [2.24, 2.45) is 0 Å². The van der Waals surface area contributed by atoms with E-state index in [0.29, 0.717) is 24.2 Å². The smallest absolute Gasteiger partial charge is 0.417 e. The summed E-state index contributed by atoms with van der Waals surface area (Å²) in [6, 6.07) is 10.6. The molecule has 10 nitrogen and oxygen atoms in total. The molecule has 3 aromatic carbocycles. The summed E-state index contributed by atoms with van der Waals surface area (Å²) >= 11 is 5.58. The van der Waals surface area contributed by atoms with Crippen LogP contribution in [0.3, 0.4) is 0 Å². The Kier molecular flexibility index (Phi) is 8.34. The van der Waals surface area contributed by atoms with Gasteiger partial charge in [-0.25, -0.2) is 16.8 Å². The van der Waals surface area contributed by atoms with E-state index in [1.807, 2.05) is 0 Å². The number of halogens is 4. The topological polar surface area (TPSA) is 131 Å². The molecule has 1 aliphatic rings. The fraction of sp³-hybridized carbons (Fsp3) is 0.240. The number of carbonyl (C=O) groups excluding carboxylic acids is 1. The zero-order valence-electron chi connectivity index (χ0n) is 21.4. The quantitative estimate of drug-likeness (QED) is 0.367. The average Bonchev–Trinajstić information content (AvgIpc) is 2.88. The van der Waals surface area contributed by atoms with Gasteiger partial charge in [0.2, 0.25) is 15.9 Å². The summed E-state index contributed by atoms with van der Waals surface area (Å²) in [5.74, 6) is 0.0421. The number of nitrogens with zero attached hydrogens (tertiary/aromatic N) is 1. The molecular weight excluding hydrogens is 611 g/mol. The Morgan fingerprint density at radius 3 is 2.15 bits per heavy atom. The number of rotatable bonds is 8. The number of anilines is 3. The summed E-state index contributed by atoms with van der Waals surface area (Å²) in [5, 5.41) is 1.94. The fourth-order valence-electron chi connectivity index (χ4n) is 3.96. The Labute approximate surface area is 239 Å². The van der Waals surface area contributed by atoms with E-state index in [4.69, 9.17) is 21.1 Å². The molecule has 1 amide bonds. The Morgan fingerprint density at radius 2 is 1.54 bits per heavy atom. The molecule has 4 rings (SSSR count). The minimum Gasteiger partial charge on any atom is -0.486 e. The fourth-order valence-corrected chi connectivity index (χ4v) is 6.40. The largest absolute Gasteiger partial charge is 0.486 e. The highest BCUT2D eigenvalue weighted by atomic mass is 35.5. The molecule has 0 spiro atoms. The minimum atomic E-state index is -4.79. The normalized spacial score (nSPS) is 14.2. The van der Waals surface area contributed by atoms with Gasteiger partial charge in [0.05, 0.1) is 27.4 Å². The first-order valence-corrected chi connectivity index (χ1v) is 15.5. The third kappa shape index (κ3) is 6.97. The van der Waals surface area contributed by atoms with Crippen molar-refractivity contribution in [3.8, 4) is 11.5 Å². The number of alkyl halides is 3. The first-order chi connectivity index (χ1) is 19.1. The molecule has 1 aliphatic heterocycles. The van der Waals surface area contributed by atoms with Gasteiger partial charge in [0.25, 0.3) is 10.0 Å². The number of benzene rings is 3. The van der Waals surface area contributed by atoms with Gasteiger partial charge in [-0.2, -0.15) is 13.2 Å². The molecule has 3 aromatic rings. The lowest BCUT2D eigenvalue weighted by atomic mass is 10.2. The molecule has 0 aromatic heterocycles. The van der Waals surface area contributed by atoms with Crippen LogP contribution in [0.2, 0.25) is 5.02 Å². The summed E-state index contributed by atoms with van der Waals surface area (Å²) in [7, 11) is -8.25. The third-order valence-electron chi connectivity index (χ3n) is 5.82. The molecule has 0 unspecified atom stereocenters. The maximum atomic E-state index is 13.1. The zero-order valence-corrected chi connectivity index (χ0v) is 23.8. The number of carbonyl (C=O) groups is 1. The molecule has 41 heavy (non-hydrogen) atoms. The highest BCUT2D eigenvalue weighted by Crippen LogP contribution is 2.37. The number of hydrogen-bond acceptors (Lipinski definition) is 7. The van der Waals surface area contributed by atoms with Crippen molar-refractivity contribution in [1.29, 1.82) is 0 Å². The number of hydrogen-bond donors (Lipinski definition) is 2. The molecule has 0 fully saturated rings. The second-order valence-electron chi connectivity index (χ2n) is 8.87. The lowest BCUT2D eigenvalue weighted by molar-refractivity contribution is -0.137. The highest BCUT2D eigenvalue weighted by Gasteiger charge is 2.34. The van der Waals surface area contributed by atoms with E-state index in [-0.39, 0.29) is 28.6 Å². The summed E-state index contributed by atoms with van der Waals surface area (Å²) in [6.45, 7) is 2.00. The van der Waals surface area contributed by atoms with Crippen LogP contribution in [-0.2, 0) is 31.0 Å². The van der Waals surface area contributed by atoms with E-state index in [0.717, 1.165) is 34.8 Å². The Hall–Kier alpha value is -3.69. The van der Waals surface area contributed by atoms with E-state index < -0.39 is 48.8 Å². The summed E-state index contributed by atoms with van der Waals surface area (Å²) in [5.41, 5.74) is -1.25. The van der Waals surface area contributed by atoms with E-state index in [1.165, 1.54) is 37.3 Å². The first-order valence-electron chi connectivity index (χ1n) is 11.8. The summed E-state index contributed by atoms with van der Waals surface area (Å²) in [6.07, 6.45) is -3.84. The molecule has 0 saturated heterocycles. The molecule has 0 radical (unpaired) electrons. The van der Waals surface area contributed by atoms with Crippen molar-refractivity contribution >= 4 is 54.6 Å². The van der Waals surface area contributed by atoms with E-state index in [2.05, 4.69) is 10.0 Å². The number of amides is 1. The van der Waals surface area contributed by atoms with Gasteiger partial charge in [0, 0.05) is 17.4 Å².